The highest BCUT2D eigenvalue weighted by Crippen LogP contribution is 2.43. The molecular formula is C20H22BrCl2N3O2. The third-order valence-corrected chi connectivity index (χ3v) is 7.37. The van der Waals surface area contributed by atoms with Gasteiger partial charge in [-0.25, -0.2) is 4.98 Å². The fraction of sp³-hybridized carbons (Fsp3) is 0.500. The predicted octanol–water partition coefficient (Wildman–Crippen LogP) is 5.01. The molecule has 2 aromatic rings. The highest BCUT2D eigenvalue weighted by molar-refractivity contribution is 9.10. The first-order valence-electron chi connectivity index (χ1n) is 9.41. The van der Waals surface area contributed by atoms with Crippen LogP contribution in [0, 0.1) is 12.3 Å². The van der Waals surface area contributed by atoms with Crippen LogP contribution in [0.15, 0.2) is 27.5 Å². The standard InChI is InChI=1S/C20H22BrCl2N3O2/c1-12-10-20(11-28-12)6-8-25(9-7-20)18-16(21)19(27)26(13(2)24-18)15-5-3-4-14(22)17(15)23/h3-5,12H,6-11H2,1-2H3/t12-/m0/s1. The first-order chi connectivity index (χ1) is 13.3. The topological polar surface area (TPSA) is 47.4 Å². The van der Waals surface area contributed by atoms with E-state index < -0.39 is 0 Å². The van der Waals surface area contributed by atoms with Crippen LogP contribution in [0.1, 0.15) is 32.0 Å². The second kappa shape index (κ2) is 7.63. The van der Waals surface area contributed by atoms with Crippen LogP contribution < -0.4 is 10.5 Å². The summed E-state index contributed by atoms with van der Waals surface area (Å²) >= 11 is 16.0. The van der Waals surface area contributed by atoms with Crippen LogP contribution in [0.2, 0.25) is 10.0 Å². The van der Waals surface area contributed by atoms with Crippen LogP contribution >= 0.6 is 39.1 Å². The zero-order valence-corrected chi connectivity index (χ0v) is 18.9. The normalized spacial score (nSPS) is 21.5. The van der Waals surface area contributed by atoms with Crippen molar-refractivity contribution in [3.05, 3.63) is 48.9 Å². The molecule has 2 fully saturated rings. The summed E-state index contributed by atoms with van der Waals surface area (Å²) in [5.41, 5.74) is 0.622. The van der Waals surface area contributed by atoms with E-state index in [2.05, 4.69) is 27.8 Å². The number of aryl methyl sites for hydroxylation is 1. The molecule has 1 aromatic carbocycles. The molecule has 0 amide bonds. The monoisotopic (exact) mass is 485 g/mol. The summed E-state index contributed by atoms with van der Waals surface area (Å²) in [5.74, 6) is 1.27. The lowest BCUT2D eigenvalue weighted by atomic mass is 9.77. The molecule has 0 N–H and O–H groups in total. The quantitative estimate of drug-likeness (QED) is 0.598. The minimum absolute atomic E-state index is 0.190. The molecule has 1 aromatic heterocycles. The number of ether oxygens (including phenoxy) is 1. The van der Waals surface area contributed by atoms with Crippen molar-refractivity contribution >= 4 is 44.9 Å². The molecular weight excluding hydrogens is 465 g/mol. The molecule has 5 nitrogen and oxygen atoms in total. The Morgan fingerprint density at radius 3 is 2.64 bits per heavy atom. The van der Waals surface area contributed by atoms with Gasteiger partial charge in [-0.15, -0.1) is 0 Å². The summed E-state index contributed by atoms with van der Waals surface area (Å²) in [7, 11) is 0. The summed E-state index contributed by atoms with van der Waals surface area (Å²) in [6.45, 7) is 6.52. The molecule has 2 aliphatic heterocycles. The van der Waals surface area contributed by atoms with Gasteiger partial charge in [-0.1, -0.05) is 29.3 Å². The largest absolute Gasteiger partial charge is 0.378 e. The van der Waals surface area contributed by atoms with Crippen molar-refractivity contribution in [3.8, 4) is 5.69 Å². The molecule has 0 saturated carbocycles. The molecule has 150 valence electrons. The minimum Gasteiger partial charge on any atom is -0.378 e. The van der Waals surface area contributed by atoms with Gasteiger partial charge in [-0.3, -0.25) is 9.36 Å². The number of hydrogen-bond donors (Lipinski definition) is 0. The number of halogens is 3. The first-order valence-corrected chi connectivity index (χ1v) is 11.0. The molecule has 0 aliphatic carbocycles. The van der Waals surface area contributed by atoms with Crippen molar-refractivity contribution in [2.24, 2.45) is 5.41 Å². The van der Waals surface area contributed by atoms with Crippen LogP contribution in [0.3, 0.4) is 0 Å². The third kappa shape index (κ3) is 3.49. The van der Waals surface area contributed by atoms with Gasteiger partial charge < -0.3 is 9.64 Å². The lowest BCUT2D eigenvalue weighted by molar-refractivity contribution is 0.0975. The molecule has 8 heteroatoms. The van der Waals surface area contributed by atoms with Gasteiger partial charge in [0.15, 0.2) is 5.82 Å². The maximum Gasteiger partial charge on any atom is 0.274 e. The van der Waals surface area contributed by atoms with Crippen LogP contribution in [-0.2, 0) is 4.74 Å². The minimum atomic E-state index is -0.190. The summed E-state index contributed by atoms with van der Waals surface area (Å²) < 4.78 is 7.76. The molecule has 1 spiro atoms. The van der Waals surface area contributed by atoms with Crippen molar-refractivity contribution < 1.29 is 4.74 Å². The lowest BCUT2D eigenvalue weighted by Gasteiger charge is -2.39. The van der Waals surface area contributed by atoms with E-state index in [1.165, 1.54) is 4.57 Å². The molecule has 0 bridgehead atoms. The van der Waals surface area contributed by atoms with E-state index in [1.807, 2.05) is 6.92 Å². The Kier molecular flexibility index (Phi) is 5.51. The van der Waals surface area contributed by atoms with Crippen LogP contribution in [0.4, 0.5) is 5.82 Å². The number of aromatic nitrogens is 2. The Morgan fingerprint density at radius 1 is 1.29 bits per heavy atom. The summed E-state index contributed by atoms with van der Waals surface area (Å²) in [6, 6.07) is 5.23. The summed E-state index contributed by atoms with van der Waals surface area (Å²) in [5, 5.41) is 0.742. The molecule has 1 atom stereocenters. The van der Waals surface area contributed by atoms with Crippen LogP contribution in [-0.4, -0.2) is 35.4 Å². The second-order valence-electron chi connectivity index (χ2n) is 7.82. The van der Waals surface area contributed by atoms with Crippen molar-refractivity contribution in [2.45, 2.75) is 39.2 Å². The summed E-state index contributed by atoms with van der Waals surface area (Å²) in [4.78, 5) is 20.1. The van der Waals surface area contributed by atoms with Gasteiger partial charge in [0.25, 0.3) is 5.56 Å². The van der Waals surface area contributed by atoms with Crippen LogP contribution in [0.25, 0.3) is 5.69 Å². The number of anilines is 1. The Hall–Kier alpha value is -1.08. The second-order valence-corrected chi connectivity index (χ2v) is 9.40. The van der Waals surface area contributed by atoms with E-state index in [0.29, 0.717) is 38.0 Å². The molecule has 28 heavy (non-hydrogen) atoms. The maximum absolute atomic E-state index is 13.1. The van der Waals surface area contributed by atoms with E-state index in [9.17, 15) is 4.79 Å². The highest BCUT2D eigenvalue weighted by atomic mass is 79.9. The van der Waals surface area contributed by atoms with E-state index in [-0.39, 0.29) is 11.0 Å². The van der Waals surface area contributed by atoms with Crippen molar-refractivity contribution in [1.82, 2.24) is 9.55 Å². The zero-order valence-electron chi connectivity index (χ0n) is 15.8. The van der Waals surface area contributed by atoms with Crippen molar-refractivity contribution in [3.63, 3.8) is 0 Å². The number of benzene rings is 1. The van der Waals surface area contributed by atoms with Crippen molar-refractivity contribution in [2.75, 3.05) is 24.6 Å². The first kappa shape index (κ1) is 20.2. The molecule has 0 radical (unpaired) electrons. The SMILES string of the molecule is Cc1nc(N2CCC3(CC2)CO[C@@H](C)C3)c(Br)c(=O)n1-c1cccc(Cl)c1Cl. The third-order valence-electron chi connectivity index (χ3n) is 5.87. The van der Waals surface area contributed by atoms with E-state index in [4.69, 9.17) is 32.9 Å². The van der Waals surface area contributed by atoms with Gasteiger partial charge in [0.1, 0.15) is 10.3 Å². The van der Waals surface area contributed by atoms with E-state index >= 15 is 0 Å². The van der Waals surface area contributed by atoms with Crippen molar-refractivity contribution in [1.29, 1.82) is 0 Å². The average molecular weight is 487 g/mol. The van der Waals surface area contributed by atoms with Gasteiger partial charge in [-0.05, 0) is 66.6 Å². The molecule has 0 unspecified atom stereocenters. The Bertz CT molecular complexity index is 971. The number of piperidine rings is 1. The van der Waals surface area contributed by atoms with Gasteiger partial charge >= 0.3 is 0 Å². The molecule has 2 aliphatic rings. The van der Waals surface area contributed by atoms with Gasteiger partial charge in [0.2, 0.25) is 0 Å². The number of hydrogen-bond acceptors (Lipinski definition) is 4. The molecule has 3 heterocycles. The van der Waals surface area contributed by atoms with E-state index in [1.54, 1.807) is 18.2 Å². The number of nitrogens with zero attached hydrogens (tertiary/aromatic N) is 3. The fourth-order valence-electron chi connectivity index (χ4n) is 4.34. The van der Waals surface area contributed by atoms with Gasteiger partial charge in [0.05, 0.1) is 28.4 Å². The Balaban J connectivity index is 1.66. The van der Waals surface area contributed by atoms with E-state index in [0.717, 1.165) is 39.0 Å². The van der Waals surface area contributed by atoms with Crippen LogP contribution in [0.5, 0.6) is 0 Å². The zero-order chi connectivity index (χ0) is 20.1. The van der Waals surface area contributed by atoms with Gasteiger partial charge in [-0.2, -0.15) is 0 Å². The highest BCUT2D eigenvalue weighted by Gasteiger charge is 2.41. The molecule has 2 saturated heterocycles. The fourth-order valence-corrected chi connectivity index (χ4v) is 5.24. The van der Waals surface area contributed by atoms with Gasteiger partial charge in [0, 0.05) is 13.1 Å². The smallest absolute Gasteiger partial charge is 0.274 e. The number of rotatable bonds is 2. The Labute approximate surface area is 182 Å². The predicted molar refractivity (Wildman–Crippen MR) is 116 cm³/mol. The lowest BCUT2D eigenvalue weighted by Crippen LogP contribution is -2.42. The molecule has 4 rings (SSSR count). The maximum atomic E-state index is 13.1. The summed E-state index contributed by atoms with van der Waals surface area (Å²) in [6.07, 6.45) is 3.55. The Morgan fingerprint density at radius 2 is 2.00 bits per heavy atom. The average Bonchev–Trinajstić information content (AvgIpc) is 3.03.